The van der Waals surface area contributed by atoms with Crippen molar-refractivity contribution in [2.45, 2.75) is 39.3 Å². The molecule has 1 aromatic heterocycles. The fraction of sp³-hybridized carbons (Fsp3) is 0.545. The molecular formula is C11H18N2O. The third kappa shape index (κ3) is 3.34. The van der Waals surface area contributed by atoms with Crippen LogP contribution in [-0.2, 0) is 0 Å². The molecular weight excluding hydrogens is 176 g/mol. The maximum Gasteiger partial charge on any atom is 0.214 e. The van der Waals surface area contributed by atoms with Gasteiger partial charge in [0.1, 0.15) is 5.60 Å². The first-order valence-corrected chi connectivity index (χ1v) is 4.79. The molecule has 0 aliphatic heterocycles. The molecule has 0 amide bonds. The molecule has 0 fully saturated rings. The Bertz CT molecular complexity index is 302. The monoisotopic (exact) mass is 194 g/mol. The van der Waals surface area contributed by atoms with Crippen molar-refractivity contribution in [1.29, 1.82) is 0 Å². The SMILES string of the molecule is C[C@H](N)c1ccnc(OC(C)(C)C)c1. The molecule has 14 heavy (non-hydrogen) atoms. The predicted molar refractivity (Wildman–Crippen MR) is 57.2 cm³/mol. The van der Waals surface area contributed by atoms with E-state index in [1.807, 2.05) is 39.8 Å². The zero-order valence-corrected chi connectivity index (χ0v) is 9.24. The first kappa shape index (κ1) is 11.0. The van der Waals surface area contributed by atoms with Gasteiger partial charge in [0.15, 0.2) is 0 Å². The van der Waals surface area contributed by atoms with Crippen molar-refractivity contribution < 1.29 is 4.74 Å². The number of hydrogen-bond acceptors (Lipinski definition) is 3. The molecule has 0 unspecified atom stereocenters. The number of pyridine rings is 1. The van der Waals surface area contributed by atoms with Gasteiger partial charge in [0, 0.05) is 18.3 Å². The minimum atomic E-state index is -0.219. The van der Waals surface area contributed by atoms with Gasteiger partial charge >= 0.3 is 0 Å². The Kier molecular flexibility index (Phi) is 3.11. The zero-order valence-electron chi connectivity index (χ0n) is 9.24. The number of nitrogens with two attached hydrogens (primary N) is 1. The molecule has 1 atom stereocenters. The van der Waals surface area contributed by atoms with Crippen LogP contribution in [0.1, 0.15) is 39.3 Å². The summed E-state index contributed by atoms with van der Waals surface area (Å²) in [6.07, 6.45) is 1.72. The van der Waals surface area contributed by atoms with Crippen LogP contribution in [0.25, 0.3) is 0 Å². The highest BCUT2D eigenvalue weighted by Gasteiger charge is 2.13. The summed E-state index contributed by atoms with van der Waals surface area (Å²) in [7, 11) is 0. The molecule has 0 saturated carbocycles. The van der Waals surface area contributed by atoms with Gasteiger partial charge in [-0.1, -0.05) is 0 Å². The topological polar surface area (TPSA) is 48.1 Å². The summed E-state index contributed by atoms with van der Waals surface area (Å²) in [6.45, 7) is 7.92. The van der Waals surface area contributed by atoms with Gasteiger partial charge in [0.05, 0.1) is 0 Å². The van der Waals surface area contributed by atoms with E-state index >= 15 is 0 Å². The largest absolute Gasteiger partial charge is 0.472 e. The lowest BCUT2D eigenvalue weighted by molar-refractivity contribution is 0.124. The average molecular weight is 194 g/mol. The second kappa shape index (κ2) is 3.96. The van der Waals surface area contributed by atoms with Crippen LogP contribution in [0.2, 0.25) is 0 Å². The summed E-state index contributed by atoms with van der Waals surface area (Å²) >= 11 is 0. The molecule has 2 N–H and O–H groups in total. The van der Waals surface area contributed by atoms with Crippen LogP contribution < -0.4 is 10.5 Å². The molecule has 1 heterocycles. The Morgan fingerprint density at radius 2 is 2.07 bits per heavy atom. The minimum absolute atomic E-state index is 0.0142. The van der Waals surface area contributed by atoms with Gasteiger partial charge in [-0.25, -0.2) is 4.98 Å². The second-order valence-corrected chi connectivity index (χ2v) is 4.43. The smallest absolute Gasteiger partial charge is 0.214 e. The molecule has 0 aromatic carbocycles. The molecule has 3 nitrogen and oxygen atoms in total. The number of ether oxygens (including phenoxy) is 1. The number of nitrogens with zero attached hydrogens (tertiary/aromatic N) is 1. The van der Waals surface area contributed by atoms with E-state index in [-0.39, 0.29) is 11.6 Å². The van der Waals surface area contributed by atoms with Gasteiger partial charge in [0.25, 0.3) is 0 Å². The molecule has 78 valence electrons. The van der Waals surface area contributed by atoms with Crippen molar-refractivity contribution in [2.75, 3.05) is 0 Å². The van der Waals surface area contributed by atoms with E-state index in [0.29, 0.717) is 5.88 Å². The minimum Gasteiger partial charge on any atom is -0.472 e. The van der Waals surface area contributed by atoms with Crippen LogP contribution >= 0.6 is 0 Å². The molecule has 0 radical (unpaired) electrons. The average Bonchev–Trinajstić information content (AvgIpc) is 2.01. The molecule has 0 bridgehead atoms. The number of rotatable bonds is 2. The van der Waals surface area contributed by atoms with Crippen molar-refractivity contribution in [2.24, 2.45) is 5.73 Å². The van der Waals surface area contributed by atoms with Crippen LogP contribution in [0, 0.1) is 0 Å². The highest BCUT2D eigenvalue weighted by Crippen LogP contribution is 2.18. The van der Waals surface area contributed by atoms with Gasteiger partial charge in [-0.05, 0) is 39.3 Å². The third-order valence-electron chi connectivity index (χ3n) is 1.70. The lowest BCUT2D eigenvalue weighted by atomic mass is 10.1. The lowest BCUT2D eigenvalue weighted by Gasteiger charge is -2.20. The molecule has 1 rings (SSSR count). The maximum atomic E-state index is 5.76. The Morgan fingerprint density at radius 1 is 1.43 bits per heavy atom. The van der Waals surface area contributed by atoms with Crippen molar-refractivity contribution >= 4 is 0 Å². The lowest BCUT2D eigenvalue weighted by Crippen LogP contribution is -2.23. The molecule has 0 saturated heterocycles. The summed E-state index contributed by atoms with van der Waals surface area (Å²) in [5.74, 6) is 0.632. The molecule has 0 aliphatic rings. The summed E-state index contributed by atoms with van der Waals surface area (Å²) in [4.78, 5) is 4.13. The van der Waals surface area contributed by atoms with Crippen LogP contribution in [0.5, 0.6) is 5.88 Å². The Morgan fingerprint density at radius 3 is 2.57 bits per heavy atom. The van der Waals surface area contributed by atoms with E-state index in [1.54, 1.807) is 6.20 Å². The van der Waals surface area contributed by atoms with Gasteiger partial charge in [-0.3, -0.25) is 0 Å². The van der Waals surface area contributed by atoms with Crippen molar-refractivity contribution in [3.05, 3.63) is 23.9 Å². The summed E-state index contributed by atoms with van der Waals surface area (Å²) in [6, 6.07) is 3.80. The number of hydrogen-bond donors (Lipinski definition) is 1. The molecule has 1 aromatic rings. The van der Waals surface area contributed by atoms with Crippen molar-refractivity contribution in [1.82, 2.24) is 4.98 Å². The highest BCUT2D eigenvalue weighted by atomic mass is 16.5. The Labute approximate surface area is 85.3 Å². The molecule has 0 spiro atoms. The predicted octanol–water partition coefficient (Wildman–Crippen LogP) is 2.28. The van der Waals surface area contributed by atoms with Crippen LogP contribution in [-0.4, -0.2) is 10.6 Å². The number of aromatic nitrogens is 1. The summed E-state index contributed by atoms with van der Waals surface area (Å²) < 4.78 is 5.63. The van der Waals surface area contributed by atoms with E-state index in [1.165, 1.54) is 0 Å². The van der Waals surface area contributed by atoms with E-state index < -0.39 is 0 Å². The van der Waals surface area contributed by atoms with Gasteiger partial charge in [-0.15, -0.1) is 0 Å². The normalized spacial score (nSPS) is 13.8. The highest BCUT2D eigenvalue weighted by molar-refractivity contribution is 5.23. The van der Waals surface area contributed by atoms with Crippen LogP contribution in [0.15, 0.2) is 18.3 Å². The second-order valence-electron chi connectivity index (χ2n) is 4.43. The fourth-order valence-corrected chi connectivity index (χ4v) is 1.08. The summed E-state index contributed by atoms with van der Waals surface area (Å²) in [5, 5.41) is 0. The van der Waals surface area contributed by atoms with Gasteiger partial charge in [0.2, 0.25) is 5.88 Å². The van der Waals surface area contributed by atoms with Gasteiger partial charge < -0.3 is 10.5 Å². The third-order valence-corrected chi connectivity index (χ3v) is 1.70. The van der Waals surface area contributed by atoms with E-state index in [0.717, 1.165) is 5.56 Å². The Balaban J connectivity index is 2.84. The first-order valence-electron chi connectivity index (χ1n) is 4.79. The fourth-order valence-electron chi connectivity index (χ4n) is 1.08. The van der Waals surface area contributed by atoms with E-state index in [4.69, 9.17) is 10.5 Å². The quantitative estimate of drug-likeness (QED) is 0.785. The molecule has 0 aliphatic carbocycles. The van der Waals surface area contributed by atoms with Crippen molar-refractivity contribution in [3.63, 3.8) is 0 Å². The standard InChI is InChI=1S/C11H18N2O/c1-8(12)9-5-6-13-10(7-9)14-11(2,3)4/h5-8H,12H2,1-4H3/t8-/m0/s1. The zero-order chi connectivity index (χ0) is 10.8. The van der Waals surface area contributed by atoms with E-state index in [2.05, 4.69) is 4.98 Å². The van der Waals surface area contributed by atoms with Crippen molar-refractivity contribution in [3.8, 4) is 5.88 Å². The Hall–Kier alpha value is -1.09. The maximum absolute atomic E-state index is 5.76. The van der Waals surface area contributed by atoms with Crippen LogP contribution in [0.3, 0.4) is 0 Å². The van der Waals surface area contributed by atoms with Gasteiger partial charge in [-0.2, -0.15) is 0 Å². The summed E-state index contributed by atoms with van der Waals surface area (Å²) in [5.41, 5.74) is 6.59. The van der Waals surface area contributed by atoms with E-state index in [9.17, 15) is 0 Å². The van der Waals surface area contributed by atoms with Crippen LogP contribution in [0.4, 0.5) is 0 Å². The first-order chi connectivity index (χ1) is 6.38. The molecule has 3 heteroatoms.